The van der Waals surface area contributed by atoms with E-state index in [4.69, 9.17) is 0 Å². The Morgan fingerprint density at radius 1 is 1.24 bits per heavy atom. The van der Waals surface area contributed by atoms with Gasteiger partial charge in [-0.15, -0.1) is 0 Å². The number of aryl methyl sites for hydroxylation is 2. The maximum absolute atomic E-state index is 12.5. The summed E-state index contributed by atoms with van der Waals surface area (Å²) in [4.78, 5) is 12.5. The number of aromatic nitrogens is 1. The van der Waals surface area contributed by atoms with Crippen molar-refractivity contribution < 1.29 is 4.79 Å². The predicted molar refractivity (Wildman–Crippen MR) is 118 cm³/mol. The highest BCUT2D eigenvalue weighted by atomic mass is 16.1. The molecule has 29 heavy (non-hydrogen) atoms. The first-order chi connectivity index (χ1) is 14.0. The zero-order valence-corrected chi connectivity index (χ0v) is 17.8. The lowest BCUT2D eigenvalue weighted by molar-refractivity contribution is -0.117. The van der Waals surface area contributed by atoms with Crippen LogP contribution < -0.4 is 5.32 Å². The summed E-state index contributed by atoms with van der Waals surface area (Å²) < 4.78 is 2.18. The molecule has 1 N–H and O–H groups in total. The van der Waals surface area contributed by atoms with Gasteiger partial charge >= 0.3 is 0 Å². The number of hydrogen-bond acceptors (Lipinski definition) is 2. The zero-order chi connectivity index (χ0) is 20.8. The number of nitrogens with zero attached hydrogens (tertiary/aromatic N) is 2. The van der Waals surface area contributed by atoms with Crippen molar-refractivity contribution in [3.8, 4) is 11.8 Å². The van der Waals surface area contributed by atoms with Gasteiger partial charge in [-0.05, 0) is 74.9 Å². The molecule has 152 valence electrons. The van der Waals surface area contributed by atoms with Crippen LogP contribution >= 0.6 is 0 Å². The number of unbranched alkanes of at least 4 members (excludes halogenated alkanes) is 1. The molecule has 1 aliphatic carbocycles. The first-order valence-electron chi connectivity index (χ1n) is 10.7. The summed E-state index contributed by atoms with van der Waals surface area (Å²) in [7, 11) is 0. The molecule has 1 saturated carbocycles. The molecule has 3 rings (SSSR count). The molecule has 0 radical (unpaired) electrons. The second-order valence-electron chi connectivity index (χ2n) is 8.06. The van der Waals surface area contributed by atoms with E-state index in [1.807, 2.05) is 13.0 Å². The van der Waals surface area contributed by atoms with Gasteiger partial charge in [0.25, 0.3) is 5.91 Å². The van der Waals surface area contributed by atoms with Crippen molar-refractivity contribution in [2.45, 2.75) is 71.8 Å². The molecule has 0 unspecified atom stereocenters. The molecule has 0 bridgehead atoms. The van der Waals surface area contributed by atoms with Crippen LogP contribution in [0.2, 0.25) is 0 Å². The van der Waals surface area contributed by atoms with Gasteiger partial charge in [-0.2, -0.15) is 5.26 Å². The van der Waals surface area contributed by atoms with Gasteiger partial charge in [0.1, 0.15) is 11.6 Å². The van der Waals surface area contributed by atoms with E-state index in [-0.39, 0.29) is 17.5 Å². The SMILES string of the molecule is CCCCc1ccc(-n2c(C)cc(/C=C(/C#N)C(=O)NC3CCCC3)c2C)cc1. The van der Waals surface area contributed by atoms with Crippen molar-refractivity contribution in [2.24, 2.45) is 0 Å². The highest BCUT2D eigenvalue weighted by Gasteiger charge is 2.20. The minimum atomic E-state index is -0.260. The van der Waals surface area contributed by atoms with E-state index in [0.717, 1.165) is 54.7 Å². The molecule has 1 fully saturated rings. The number of carbonyl (C=O) groups excluding carboxylic acids is 1. The highest BCUT2D eigenvalue weighted by molar-refractivity contribution is 6.02. The molecule has 1 amide bonds. The highest BCUT2D eigenvalue weighted by Crippen LogP contribution is 2.24. The van der Waals surface area contributed by atoms with Crippen LogP contribution in [0, 0.1) is 25.2 Å². The van der Waals surface area contributed by atoms with Gasteiger partial charge in [0.15, 0.2) is 0 Å². The summed E-state index contributed by atoms with van der Waals surface area (Å²) in [6, 6.07) is 13.0. The van der Waals surface area contributed by atoms with E-state index in [1.165, 1.54) is 18.4 Å². The summed E-state index contributed by atoms with van der Waals surface area (Å²) in [5.41, 5.74) is 5.67. The standard InChI is InChI=1S/C25H31N3O/c1-4-5-8-20-11-13-24(14-12-20)28-18(2)15-21(19(28)3)16-22(17-26)25(29)27-23-9-6-7-10-23/h11-16,23H,4-10H2,1-3H3,(H,27,29)/b22-16-. The Balaban J connectivity index is 1.83. The van der Waals surface area contributed by atoms with Crippen molar-refractivity contribution in [1.29, 1.82) is 5.26 Å². The number of nitrogens with one attached hydrogen (secondary N) is 1. The van der Waals surface area contributed by atoms with Gasteiger partial charge in [0.2, 0.25) is 0 Å². The summed E-state index contributed by atoms with van der Waals surface area (Å²) in [6.07, 6.45) is 9.54. The number of amides is 1. The largest absolute Gasteiger partial charge is 0.349 e. The first kappa shape index (κ1) is 20.9. The lowest BCUT2D eigenvalue weighted by atomic mass is 10.1. The fourth-order valence-corrected chi connectivity index (χ4v) is 4.16. The Kier molecular flexibility index (Phi) is 6.93. The summed E-state index contributed by atoms with van der Waals surface area (Å²) in [6.45, 7) is 6.30. The molecule has 1 aromatic carbocycles. The molecule has 0 spiro atoms. The van der Waals surface area contributed by atoms with E-state index in [9.17, 15) is 10.1 Å². The summed E-state index contributed by atoms with van der Waals surface area (Å²) in [5.74, 6) is -0.260. The lowest BCUT2D eigenvalue weighted by Gasteiger charge is -2.12. The molecule has 4 heteroatoms. The average molecular weight is 390 g/mol. The molecular formula is C25H31N3O. The van der Waals surface area contributed by atoms with Crippen molar-refractivity contribution in [2.75, 3.05) is 0 Å². The Morgan fingerprint density at radius 2 is 1.93 bits per heavy atom. The van der Waals surface area contributed by atoms with Crippen LogP contribution in [0.3, 0.4) is 0 Å². The van der Waals surface area contributed by atoms with Gasteiger partial charge in [-0.3, -0.25) is 4.79 Å². The lowest BCUT2D eigenvalue weighted by Crippen LogP contribution is -2.33. The second-order valence-corrected chi connectivity index (χ2v) is 8.06. The van der Waals surface area contributed by atoms with Crippen molar-refractivity contribution in [1.82, 2.24) is 9.88 Å². The molecule has 0 saturated heterocycles. The summed E-state index contributed by atoms with van der Waals surface area (Å²) >= 11 is 0. The molecule has 1 aromatic heterocycles. The van der Waals surface area contributed by atoms with Crippen molar-refractivity contribution in [3.05, 3.63) is 58.4 Å². The molecule has 4 nitrogen and oxygen atoms in total. The van der Waals surface area contributed by atoms with Crippen LogP contribution in [0.4, 0.5) is 0 Å². The average Bonchev–Trinajstić information content (AvgIpc) is 3.32. The number of nitriles is 1. The van der Waals surface area contributed by atoms with Crippen LogP contribution in [0.25, 0.3) is 11.8 Å². The zero-order valence-electron chi connectivity index (χ0n) is 17.8. The molecular weight excluding hydrogens is 358 g/mol. The fraction of sp³-hybridized carbons (Fsp3) is 0.440. The Hall–Kier alpha value is -2.80. The van der Waals surface area contributed by atoms with Crippen LogP contribution in [0.1, 0.15) is 68.0 Å². The smallest absolute Gasteiger partial charge is 0.262 e. The second kappa shape index (κ2) is 9.60. The van der Waals surface area contributed by atoms with E-state index < -0.39 is 0 Å². The predicted octanol–water partition coefficient (Wildman–Crippen LogP) is 5.40. The Bertz CT molecular complexity index is 922. The quantitative estimate of drug-likeness (QED) is 0.509. The topological polar surface area (TPSA) is 57.8 Å². The number of carbonyl (C=O) groups is 1. The molecule has 0 atom stereocenters. The fourth-order valence-electron chi connectivity index (χ4n) is 4.16. The van der Waals surface area contributed by atoms with E-state index in [1.54, 1.807) is 6.08 Å². The third-order valence-corrected chi connectivity index (χ3v) is 5.84. The molecule has 0 aliphatic heterocycles. The molecule has 1 aliphatic rings. The van der Waals surface area contributed by atoms with Gasteiger partial charge in [0, 0.05) is 23.1 Å². The minimum absolute atomic E-state index is 0.173. The van der Waals surface area contributed by atoms with E-state index >= 15 is 0 Å². The van der Waals surface area contributed by atoms with Crippen LogP contribution in [0.15, 0.2) is 35.9 Å². The molecule has 1 heterocycles. The van der Waals surface area contributed by atoms with E-state index in [2.05, 4.69) is 54.1 Å². The maximum atomic E-state index is 12.5. The van der Waals surface area contributed by atoms with Gasteiger partial charge in [0.05, 0.1) is 0 Å². The maximum Gasteiger partial charge on any atom is 0.262 e. The normalized spacial score (nSPS) is 14.8. The van der Waals surface area contributed by atoms with E-state index in [0.29, 0.717) is 0 Å². The van der Waals surface area contributed by atoms with Crippen molar-refractivity contribution >= 4 is 12.0 Å². The first-order valence-corrected chi connectivity index (χ1v) is 10.7. The Labute approximate surface area is 174 Å². The minimum Gasteiger partial charge on any atom is -0.349 e. The van der Waals surface area contributed by atoms with Crippen LogP contribution in [-0.4, -0.2) is 16.5 Å². The van der Waals surface area contributed by atoms with Gasteiger partial charge < -0.3 is 9.88 Å². The molecule has 2 aromatic rings. The van der Waals surface area contributed by atoms with Crippen LogP contribution in [0.5, 0.6) is 0 Å². The van der Waals surface area contributed by atoms with Gasteiger partial charge in [-0.1, -0.05) is 38.3 Å². The number of rotatable bonds is 7. The third-order valence-electron chi connectivity index (χ3n) is 5.84. The van der Waals surface area contributed by atoms with Crippen molar-refractivity contribution in [3.63, 3.8) is 0 Å². The number of hydrogen-bond donors (Lipinski definition) is 1. The number of benzene rings is 1. The Morgan fingerprint density at radius 3 is 2.55 bits per heavy atom. The van der Waals surface area contributed by atoms with Crippen LogP contribution in [-0.2, 0) is 11.2 Å². The van der Waals surface area contributed by atoms with Gasteiger partial charge in [-0.25, -0.2) is 0 Å². The third kappa shape index (κ3) is 4.98. The monoisotopic (exact) mass is 389 g/mol. The summed E-state index contributed by atoms with van der Waals surface area (Å²) in [5, 5.41) is 12.5.